The van der Waals surface area contributed by atoms with Crippen LogP contribution < -0.4 is 0 Å². The first-order chi connectivity index (χ1) is 22.3. The normalized spacial score (nSPS) is 12.0. The number of nitrogens with zero attached hydrogens (tertiary/aromatic N) is 6. The molecule has 0 saturated heterocycles. The molecule has 0 saturated carbocycles. The van der Waals surface area contributed by atoms with Crippen molar-refractivity contribution in [3.8, 4) is 22.8 Å². The van der Waals surface area contributed by atoms with E-state index in [0.29, 0.717) is 0 Å². The van der Waals surface area contributed by atoms with E-state index in [0.717, 1.165) is 88.8 Å². The second kappa shape index (κ2) is 9.08. The Kier molecular flexibility index (Phi) is 4.87. The number of aromatic nitrogens is 6. The van der Waals surface area contributed by atoms with Gasteiger partial charge in [-0.3, -0.25) is 9.97 Å². The minimum atomic E-state index is 0.734. The van der Waals surface area contributed by atoms with E-state index >= 15 is 0 Å². The lowest BCUT2D eigenvalue weighted by Crippen LogP contribution is -1.94. The van der Waals surface area contributed by atoms with Crippen molar-refractivity contribution in [1.82, 2.24) is 29.1 Å². The van der Waals surface area contributed by atoms with Crippen LogP contribution in [0.5, 0.6) is 0 Å². The number of furan rings is 1. The first-order valence-electron chi connectivity index (χ1n) is 14.8. The smallest absolute Gasteiger partial charge is 0.153 e. The molecule has 7 heteroatoms. The standard InChI is InChI=1S/C38H22N6O/c1-2-8-23(9-3-1)43-31-13-7-21-40-37(31)38-32(43)17-15-27(42-38)28-16-19-34-36(41-28)26-22-24(14-18-33(26)45-34)44-29-11-5-4-10-25(29)35-30(44)12-6-20-39-35/h1-22H. The van der Waals surface area contributed by atoms with Crippen molar-refractivity contribution in [2.24, 2.45) is 0 Å². The number of fused-ring (bicyclic) bond motifs is 9. The molecular weight excluding hydrogens is 556 g/mol. The van der Waals surface area contributed by atoms with Crippen LogP contribution in [-0.4, -0.2) is 29.1 Å². The number of pyridine rings is 4. The second-order valence-corrected chi connectivity index (χ2v) is 11.2. The van der Waals surface area contributed by atoms with Gasteiger partial charge in [-0.1, -0.05) is 36.4 Å². The van der Waals surface area contributed by atoms with Crippen molar-refractivity contribution in [2.45, 2.75) is 0 Å². The zero-order chi connectivity index (χ0) is 29.5. The Labute approximate surface area is 255 Å². The summed E-state index contributed by atoms with van der Waals surface area (Å²) in [6.07, 6.45) is 3.66. The summed E-state index contributed by atoms with van der Waals surface area (Å²) < 4.78 is 10.7. The lowest BCUT2D eigenvalue weighted by Gasteiger charge is -2.08. The van der Waals surface area contributed by atoms with E-state index in [4.69, 9.17) is 24.4 Å². The minimum Gasteiger partial charge on any atom is -0.454 e. The van der Waals surface area contributed by atoms with Gasteiger partial charge in [-0.05, 0) is 84.9 Å². The quantitative estimate of drug-likeness (QED) is 0.209. The van der Waals surface area contributed by atoms with Crippen molar-refractivity contribution < 1.29 is 4.42 Å². The first kappa shape index (κ1) is 24.1. The third kappa shape index (κ3) is 3.46. The summed E-state index contributed by atoms with van der Waals surface area (Å²) in [5.74, 6) is 0. The Morgan fingerprint density at radius 2 is 1.07 bits per heavy atom. The highest BCUT2D eigenvalue weighted by Crippen LogP contribution is 2.36. The van der Waals surface area contributed by atoms with Crippen LogP contribution in [0.15, 0.2) is 138 Å². The molecular formula is C38H22N6O. The molecule has 210 valence electrons. The molecule has 10 aromatic rings. The van der Waals surface area contributed by atoms with E-state index in [1.807, 2.05) is 67.0 Å². The fraction of sp³-hybridized carbons (Fsp3) is 0. The molecule has 45 heavy (non-hydrogen) atoms. The van der Waals surface area contributed by atoms with Gasteiger partial charge in [0.25, 0.3) is 0 Å². The molecule has 0 radical (unpaired) electrons. The van der Waals surface area contributed by atoms with Gasteiger partial charge in [-0.15, -0.1) is 0 Å². The predicted molar refractivity (Wildman–Crippen MR) is 179 cm³/mol. The molecule has 0 atom stereocenters. The molecule has 7 aromatic heterocycles. The molecule has 0 fully saturated rings. The second-order valence-electron chi connectivity index (χ2n) is 11.2. The predicted octanol–water partition coefficient (Wildman–Crippen LogP) is 9.03. The van der Waals surface area contributed by atoms with Crippen molar-refractivity contribution in [2.75, 3.05) is 0 Å². The third-order valence-corrected chi connectivity index (χ3v) is 8.63. The lowest BCUT2D eigenvalue weighted by molar-refractivity contribution is 0.668. The summed E-state index contributed by atoms with van der Waals surface area (Å²) in [6, 6.07) is 41.2. The van der Waals surface area contributed by atoms with Gasteiger partial charge in [0.2, 0.25) is 0 Å². The molecule has 0 aliphatic heterocycles. The molecule has 0 unspecified atom stereocenters. The third-order valence-electron chi connectivity index (χ3n) is 8.63. The highest BCUT2D eigenvalue weighted by Gasteiger charge is 2.18. The summed E-state index contributed by atoms with van der Waals surface area (Å²) in [7, 11) is 0. The Hall–Kier alpha value is -6.34. The summed E-state index contributed by atoms with van der Waals surface area (Å²) in [5.41, 5.74) is 12.8. The van der Waals surface area contributed by atoms with E-state index in [1.54, 1.807) is 0 Å². The zero-order valence-electron chi connectivity index (χ0n) is 23.8. The van der Waals surface area contributed by atoms with Crippen molar-refractivity contribution >= 4 is 66.1 Å². The monoisotopic (exact) mass is 578 g/mol. The number of para-hydroxylation sites is 2. The van der Waals surface area contributed by atoms with Gasteiger partial charge >= 0.3 is 0 Å². The maximum atomic E-state index is 6.25. The molecule has 3 aromatic carbocycles. The van der Waals surface area contributed by atoms with Crippen LogP contribution in [0.1, 0.15) is 0 Å². The van der Waals surface area contributed by atoms with E-state index in [-0.39, 0.29) is 0 Å². The number of rotatable bonds is 3. The van der Waals surface area contributed by atoms with Crippen LogP contribution in [-0.2, 0) is 0 Å². The van der Waals surface area contributed by atoms with E-state index in [9.17, 15) is 0 Å². The molecule has 7 nitrogen and oxygen atoms in total. The summed E-state index contributed by atoms with van der Waals surface area (Å²) >= 11 is 0. The minimum absolute atomic E-state index is 0.734. The van der Waals surface area contributed by atoms with E-state index in [1.165, 1.54) is 0 Å². The van der Waals surface area contributed by atoms with Crippen LogP contribution in [0.25, 0.3) is 88.8 Å². The molecule has 0 aliphatic rings. The molecule has 10 rings (SSSR count). The summed E-state index contributed by atoms with van der Waals surface area (Å²) in [4.78, 5) is 19.7. The lowest BCUT2D eigenvalue weighted by atomic mass is 10.1. The number of benzene rings is 3. The van der Waals surface area contributed by atoms with Crippen LogP contribution >= 0.6 is 0 Å². The summed E-state index contributed by atoms with van der Waals surface area (Å²) in [5, 5.41) is 2.07. The average molecular weight is 579 g/mol. The fourth-order valence-corrected chi connectivity index (χ4v) is 6.67. The van der Waals surface area contributed by atoms with Crippen LogP contribution in [0.4, 0.5) is 0 Å². The maximum Gasteiger partial charge on any atom is 0.153 e. The van der Waals surface area contributed by atoms with Crippen molar-refractivity contribution in [3.63, 3.8) is 0 Å². The molecule has 0 aliphatic carbocycles. The molecule has 0 spiro atoms. The van der Waals surface area contributed by atoms with Gasteiger partial charge in [0.1, 0.15) is 22.1 Å². The Balaban J connectivity index is 1.16. The van der Waals surface area contributed by atoms with Crippen LogP contribution in [0.2, 0.25) is 0 Å². The Morgan fingerprint density at radius 1 is 0.422 bits per heavy atom. The number of hydrogen-bond donors (Lipinski definition) is 0. The SMILES string of the molecule is c1ccc(-n2c3cccnc3c3nc(-c4ccc5oc6ccc(-n7c8ccccc8c8ncccc87)cc6c5n4)ccc32)cc1. The van der Waals surface area contributed by atoms with Gasteiger partial charge in [0, 0.05) is 34.5 Å². The molecule has 0 N–H and O–H groups in total. The first-order valence-corrected chi connectivity index (χ1v) is 14.8. The Bertz CT molecular complexity index is 2720. The topological polar surface area (TPSA) is 74.6 Å². The summed E-state index contributed by atoms with van der Waals surface area (Å²) in [6.45, 7) is 0. The molecule has 0 amide bonds. The highest BCUT2D eigenvalue weighted by molar-refractivity contribution is 6.09. The van der Waals surface area contributed by atoms with Crippen LogP contribution in [0.3, 0.4) is 0 Å². The van der Waals surface area contributed by atoms with Gasteiger partial charge in [-0.2, -0.15) is 0 Å². The average Bonchev–Trinajstić information content (AvgIpc) is 3.75. The van der Waals surface area contributed by atoms with Crippen molar-refractivity contribution in [3.05, 3.63) is 134 Å². The Morgan fingerprint density at radius 3 is 1.93 bits per heavy atom. The van der Waals surface area contributed by atoms with E-state index in [2.05, 4.69) is 75.9 Å². The highest BCUT2D eigenvalue weighted by atomic mass is 16.3. The molecule has 0 bridgehead atoms. The van der Waals surface area contributed by atoms with Gasteiger partial charge in [0.05, 0.1) is 39.0 Å². The number of hydrogen-bond acceptors (Lipinski definition) is 5. The van der Waals surface area contributed by atoms with Crippen LogP contribution in [0, 0.1) is 0 Å². The molecule has 7 heterocycles. The van der Waals surface area contributed by atoms with Gasteiger partial charge < -0.3 is 13.6 Å². The van der Waals surface area contributed by atoms with Gasteiger partial charge in [-0.25, -0.2) is 9.97 Å². The largest absolute Gasteiger partial charge is 0.454 e. The zero-order valence-corrected chi connectivity index (χ0v) is 23.8. The van der Waals surface area contributed by atoms with Gasteiger partial charge in [0.15, 0.2) is 5.58 Å². The maximum absolute atomic E-state index is 6.25. The fourth-order valence-electron chi connectivity index (χ4n) is 6.67. The van der Waals surface area contributed by atoms with Crippen molar-refractivity contribution in [1.29, 1.82) is 0 Å². The van der Waals surface area contributed by atoms with E-state index < -0.39 is 0 Å².